The van der Waals surface area contributed by atoms with Crippen LogP contribution in [0.3, 0.4) is 0 Å². The van der Waals surface area contributed by atoms with Gasteiger partial charge in [-0.05, 0) is 36.4 Å². The van der Waals surface area contributed by atoms with Gasteiger partial charge in [-0.3, -0.25) is 4.79 Å². The van der Waals surface area contributed by atoms with E-state index in [1.54, 1.807) is 30.3 Å². The molecule has 7 nitrogen and oxygen atoms in total. The summed E-state index contributed by atoms with van der Waals surface area (Å²) in [6.45, 7) is -0.587. The van der Waals surface area contributed by atoms with Crippen molar-refractivity contribution in [2.45, 2.75) is 4.90 Å². The van der Waals surface area contributed by atoms with Crippen LogP contribution in [0.1, 0.15) is 5.56 Å². The zero-order valence-electron chi connectivity index (χ0n) is 15.4. The Bertz CT molecular complexity index is 1140. The number of halogens is 2. The molecule has 0 radical (unpaired) electrons. The van der Waals surface area contributed by atoms with Crippen LogP contribution in [0.4, 0.5) is 10.2 Å². The molecule has 2 aromatic carbocycles. The molecule has 1 heterocycles. The molecular formula is C20H16ClFN4O3S. The van der Waals surface area contributed by atoms with Crippen LogP contribution in [0.25, 0.3) is 0 Å². The molecule has 0 saturated heterocycles. The van der Waals surface area contributed by atoms with Crippen molar-refractivity contribution >= 4 is 39.6 Å². The smallest absolute Gasteiger partial charge is 0.265 e. The minimum absolute atomic E-state index is 0.00189. The van der Waals surface area contributed by atoms with Crippen LogP contribution < -0.4 is 9.73 Å². The Morgan fingerprint density at radius 2 is 1.83 bits per heavy atom. The molecule has 30 heavy (non-hydrogen) atoms. The minimum Gasteiger partial charge on any atom is -0.271 e. The van der Waals surface area contributed by atoms with Crippen molar-refractivity contribution in [2.24, 2.45) is 5.10 Å². The van der Waals surface area contributed by atoms with Crippen LogP contribution in [0, 0.1) is 5.82 Å². The molecule has 1 amide bonds. The first-order valence-corrected chi connectivity index (χ1v) is 10.5. The summed E-state index contributed by atoms with van der Waals surface area (Å²) in [4.78, 5) is 16.4. The third kappa shape index (κ3) is 5.00. The number of amides is 1. The van der Waals surface area contributed by atoms with Crippen molar-refractivity contribution in [1.29, 1.82) is 0 Å². The summed E-state index contributed by atoms with van der Waals surface area (Å²) in [7, 11) is -4.06. The Morgan fingerprint density at radius 3 is 2.50 bits per heavy atom. The molecule has 0 fully saturated rings. The molecule has 0 bridgehead atoms. The van der Waals surface area contributed by atoms with E-state index in [9.17, 15) is 17.6 Å². The van der Waals surface area contributed by atoms with Crippen molar-refractivity contribution < 1.29 is 17.6 Å². The van der Waals surface area contributed by atoms with Crippen molar-refractivity contribution in [2.75, 3.05) is 10.8 Å². The lowest BCUT2D eigenvalue weighted by Crippen LogP contribution is -2.40. The van der Waals surface area contributed by atoms with Gasteiger partial charge >= 0.3 is 0 Å². The highest BCUT2D eigenvalue weighted by Crippen LogP contribution is 2.21. The standard InChI is InChI=1S/C20H16ClFN4O3S/c21-17-9-6-10-18(22)16(17)13-24-25-20(27)14-26(19-11-4-5-12-23-19)30(28,29)15-7-2-1-3-8-15/h1-13H,14H2,(H,25,27)/b24-13-. The quantitative estimate of drug-likeness (QED) is 0.445. The second kappa shape index (κ2) is 9.47. The Balaban J connectivity index is 1.82. The molecule has 3 aromatic rings. The maximum Gasteiger partial charge on any atom is 0.265 e. The van der Waals surface area contributed by atoms with E-state index in [0.29, 0.717) is 0 Å². The molecule has 3 rings (SSSR count). The van der Waals surface area contributed by atoms with Gasteiger partial charge < -0.3 is 0 Å². The van der Waals surface area contributed by atoms with Gasteiger partial charge in [0.15, 0.2) is 0 Å². The number of carbonyl (C=O) groups excluding carboxylic acids is 1. The van der Waals surface area contributed by atoms with Crippen molar-refractivity contribution in [3.8, 4) is 0 Å². The Hall–Kier alpha value is -3.30. The molecular weight excluding hydrogens is 431 g/mol. The second-order valence-electron chi connectivity index (χ2n) is 5.94. The third-order valence-electron chi connectivity index (χ3n) is 3.91. The molecule has 0 atom stereocenters. The first-order valence-electron chi connectivity index (χ1n) is 8.64. The summed E-state index contributed by atoms with van der Waals surface area (Å²) >= 11 is 5.90. The van der Waals surface area contributed by atoms with Gasteiger partial charge in [0.05, 0.1) is 16.1 Å². The predicted octanol–water partition coefficient (Wildman–Crippen LogP) is 3.22. The highest BCUT2D eigenvalue weighted by Gasteiger charge is 2.27. The number of benzene rings is 2. The minimum atomic E-state index is -4.06. The Morgan fingerprint density at radius 1 is 1.10 bits per heavy atom. The second-order valence-corrected chi connectivity index (χ2v) is 8.21. The van der Waals surface area contributed by atoms with Gasteiger partial charge in [0.2, 0.25) is 0 Å². The number of anilines is 1. The van der Waals surface area contributed by atoms with Crippen LogP contribution in [0.15, 0.2) is 82.9 Å². The predicted molar refractivity (Wildman–Crippen MR) is 112 cm³/mol. The fraction of sp³-hybridized carbons (Fsp3) is 0.0500. The third-order valence-corrected chi connectivity index (χ3v) is 6.00. The van der Waals surface area contributed by atoms with Gasteiger partial charge in [0.25, 0.3) is 15.9 Å². The molecule has 0 aliphatic carbocycles. The number of hydrogen-bond acceptors (Lipinski definition) is 5. The highest BCUT2D eigenvalue weighted by molar-refractivity contribution is 7.92. The first-order chi connectivity index (χ1) is 14.4. The number of nitrogens with zero attached hydrogens (tertiary/aromatic N) is 3. The number of carbonyl (C=O) groups is 1. The summed E-state index contributed by atoms with van der Waals surface area (Å²) in [6.07, 6.45) is 2.46. The molecule has 10 heteroatoms. The van der Waals surface area contributed by atoms with Crippen LogP contribution in [-0.4, -0.2) is 32.1 Å². The summed E-state index contributed by atoms with van der Waals surface area (Å²) in [5.41, 5.74) is 2.18. The van der Waals surface area contributed by atoms with E-state index in [1.807, 2.05) is 0 Å². The maximum absolute atomic E-state index is 13.8. The number of rotatable bonds is 7. The largest absolute Gasteiger partial charge is 0.271 e. The van der Waals surface area contributed by atoms with Crippen molar-refractivity contribution in [1.82, 2.24) is 10.4 Å². The Labute approximate surface area is 177 Å². The normalized spacial score (nSPS) is 11.4. The topological polar surface area (TPSA) is 91.7 Å². The molecule has 0 aliphatic rings. The lowest BCUT2D eigenvalue weighted by molar-refractivity contribution is -0.119. The van der Waals surface area contributed by atoms with Gasteiger partial charge in [-0.25, -0.2) is 27.5 Å². The molecule has 0 aliphatic heterocycles. The van der Waals surface area contributed by atoms with Gasteiger partial charge in [0.1, 0.15) is 18.2 Å². The highest BCUT2D eigenvalue weighted by atomic mass is 35.5. The summed E-state index contributed by atoms with van der Waals surface area (Å²) < 4.78 is 40.7. The first kappa shape index (κ1) is 21.4. The molecule has 0 unspecified atom stereocenters. The summed E-state index contributed by atoms with van der Waals surface area (Å²) in [5.74, 6) is -1.29. The monoisotopic (exact) mass is 446 g/mol. The van der Waals surface area contributed by atoms with Crippen molar-refractivity contribution in [3.63, 3.8) is 0 Å². The fourth-order valence-electron chi connectivity index (χ4n) is 2.48. The van der Waals surface area contributed by atoms with E-state index < -0.39 is 28.3 Å². The zero-order valence-corrected chi connectivity index (χ0v) is 17.0. The molecule has 1 N–H and O–H groups in total. The number of hydrogen-bond donors (Lipinski definition) is 1. The number of nitrogens with one attached hydrogen (secondary N) is 1. The molecule has 0 saturated carbocycles. The van der Waals surface area contributed by atoms with E-state index in [0.717, 1.165) is 10.5 Å². The number of hydrazone groups is 1. The zero-order chi connectivity index (χ0) is 21.6. The van der Waals surface area contributed by atoms with Crippen LogP contribution in [0.2, 0.25) is 5.02 Å². The van der Waals surface area contributed by atoms with Crippen molar-refractivity contribution in [3.05, 3.63) is 89.3 Å². The van der Waals surface area contributed by atoms with E-state index in [2.05, 4.69) is 15.5 Å². The van der Waals surface area contributed by atoms with Gasteiger partial charge in [0, 0.05) is 11.8 Å². The number of aromatic nitrogens is 1. The van der Waals surface area contributed by atoms with E-state index in [1.165, 1.54) is 42.6 Å². The average molecular weight is 447 g/mol. The van der Waals surface area contributed by atoms with Gasteiger partial charge in [-0.2, -0.15) is 5.10 Å². The van der Waals surface area contributed by atoms with E-state index >= 15 is 0 Å². The molecule has 1 aromatic heterocycles. The molecule has 154 valence electrons. The van der Waals surface area contributed by atoms with Gasteiger partial charge in [-0.1, -0.05) is 41.9 Å². The van der Waals surface area contributed by atoms with Gasteiger partial charge in [-0.15, -0.1) is 0 Å². The lowest BCUT2D eigenvalue weighted by Gasteiger charge is -2.22. The van der Waals surface area contributed by atoms with Crippen LogP contribution in [0.5, 0.6) is 0 Å². The molecule has 0 spiro atoms. The number of sulfonamides is 1. The summed E-state index contributed by atoms with van der Waals surface area (Å²) in [5, 5.41) is 3.79. The number of pyridine rings is 1. The average Bonchev–Trinajstić information content (AvgIpc) is 2.75. The SMILES string of the molecule is O=C(CN(c1ccccn1)S(=O)(=O)c1ccccc1)N/N=C\c1c(F)cccc1Cl. The van der Waals surface area contributed by atoms with Crippen LogP contribution >= 0.6 is 11.6 Å². The maximum atomic E-state index is 13.8. The van der Waals surface area contributed by atoms with E-state index in [4.69, 9.17) is 11.6 Å². The fourth-order valence-corrected chi connectivity index (χ4v) is 4.09. The van der Waals surface area contributed by atoms with E-state index in [-0.39, 0.29) is 21.3 Å². The lowest BCUT2D eigenvalue weighted by atomic mass is 10.2. The summed E-state index contributed by atoms with van der Waals surface area (Å²) in [6, 6.07) is 16.5. The van der Waals surface area contributed by atoms with Crippen LogP contribution in [-0.2, 0) is 14.8 Å². The Kier molecular flexibility index (Phi) is 6.76.